The molecule has 7 heteroatoms. The van der Waals surface area contributed by atoms with E-state index in [0.717, 1.165) is 19.3 Å². The SMILES string of the molecule is CCCCCCCC[C@@H](CC(=O)OC)O[C@@H]1O[C@@H](C)[C@H](O)[C@@H](O)[C@H]1O. The number of rotatable bonds is 11. The standard InChI is InChI=1S/C18H34O7/c1-4-5-6-7-8-9-10-13(11-14(19)23-3)25-18-17(22)16(21)15(20)12(2)24-18/h12-13,15-18,20-22H,4-11H2,1-3H3/t12-,13-,15-,16+,17+,18-/m0/s1. The summed E-state index contributed by atoms with van der Waals surface area (Å²) in [4.78, 5) is 11.6. The van der Waals surface area contributed by atoms with Crippen LogP contribution in [0.15, 0.2) is 0 Å². The van der Waals surface area contributed by atoms with E-state index in [1.165, 1.54) is 26.4 Å². The average molecular weight is 362 g/mol. The van der Waals surface area contributed by atoms with Gasteiger partial charge in [0.25, 0.3) is 0 Å². The van der Waals surface area contributed by atoms with Crippen molar-refractivity contribution in [3.8, 4) is 0 Å². The van der Waals surface area contributed by atoms with Gasteiger partial charge < -0.3 is 29.5 Å². The van der Waals surface area contributed by atoms with Gasteiger partial charge in [0.05, 0.1) is 25.7 Å². The third-order valence-corrected chi connectivity index (χ3v) is 4.64. The van der Waals surface area contributed by atoms with Crippen LogP contribution in [0.2, 0.25) is 0 Å². The van der Waals surface area contributed by atoms with Gasteiger partial charge in [-0.3, -0.25) is 4.79 Å². The number of methoxy groups -OCH3 is 1. The van der Waals surface area contributed by atoms with Crippen LogP contribution in [-0.4, -0.2) is 65.2 Å². The van der Waals surface area contributed by atoms with Crippen LogP contribution >= 0.6 is 0 Å². The third-order valence-electron chi connectivity index (χ3n) is 4.64. The first-order valence-corrected chi connectivity index (χ1v) is 9.32. The van der Waals surface area contributed by atoms with Crippen LogP contribution in [0, 0.1) is 0 Å². The molecule has 1 aliphatic rings. The summed E-state index contributed by atoms with van der Waals surface area (Å²) in [7, 11) is 1.32. The van der Waals surface area contributed by atoms with Crippen molar-refractivity contribution in [2.45, 2.75) is 102 Å². The molecule has 1 aliphatic heterocycles. The molecular weight excluding hydrogens is 328 g/mol. The van der Waals surface area contributed by atoms with Gasteiger partial charge >= 0.3 is 5.97 Å². The minimum atomic E-state index is -1.36. The Kier molecular flexibility index (Phi) is 10.5. The molecule has 0 unspecified atom stereocenters. The Morgan fingerprint density at radius 1 is 1.04 bits per heavy atom. The van der Waals surface area contributed by atoms with Crippen LogP contribution in [0.25, 0.3) is 0 Å². The highest BCUT2D eigenvalue weighted by atomic mass is 16.7. The first kappa shape index (κ1) is 22.3. The highest BCUT2D eigenvalue weighted by molar-refractivity contribution is 5.69. The maximum atomic E-state index is 11.6. The van der Waals surface area contributed by atoms with E-state index in [0.29, 0.717) is 6.42 Å². The topological polar surface area (TPSA) is 105 Å². The summed E-state index contributed by atoms with van der Waals surface area (Å²) in [6.07, 6.45) is 1.30. The number of hydrogen-bond acceptors (Lipinski definition) is 7. The van der Waals surface area contributed by atoms with E-state index in [1.807, 2.05) is 0 Å². The van der Waals surface area contributed by atoms with Crippen LogP contribution < -0.4 is 0 Å². The predicted octanol–water partition coefficient (Wildman–Crippen LogP) is 1.51. The second kappa shape index (κ2) is 11.8. The Labute approximate surface area is 150 Å². The van der Waals surface area contributed by atoms with Crippen LogP contribution in [0.3, 0.4) is 0 Å². The van der Waals surface area contributed by atoms with Gasteiger partial charge in [0.1, 0.15) is 18.3 Å². The quantitative estimate of drug-likeness (QED) is 0.378. The Morgan fingerprint density at radius 2 is 1.68 bits per heavy atom. The second-order valence-electron chi connectivity index (χ2n) is 6.78. The molecule has 3 N–H and O–H groups in total. The van der Waals surface area contributed by atoms with E-state index in [2.05, 4.69) is 6.92 Å². The van der Waals surface area contributed by atoms with Crippen LogP contribution in [0.1, 0.15) is 65.2 Å². The second-order valence-corrected chi connectivity index (χ2v) is 6.78. The normalized spacial score (nSPS) is 30.9. The highest BCUT2D eigenvalue weighted by Crippen LogP contribution is 2.25. The van der Waals surface area contributed by atoms with Gasteiger partial charge in [0, 0.05) is 0 Å². The lowest BCUT2D eigenvalue weighted by atomic mass is 9.99. The number of ether oxygens (including phenoxy) is 3. The summed E-state index contributed by atoms with van der Waals surface area (Å²) in [6, 6.07) is 0. The van der Waals surface area contributed by atoms with Gasteiger partial charge in [-0.2, -0.15) is 0 Å². The van der Waals surface area contributed by atoms with Crippen LogP contribution in [0.4, 0.5) is 0 Å². The number of aliphatic hydroxyl groups is 3. The zero-order valence-electron chi connectivity index (χ0n) is 15.6. The van der Waals surface area contributed by atoms with Gasteiger partial charge in [-0.15, -0.1) is 0 Å². The van der Waals surface area contributed by atoms with E-state index < -0.39 is 42.8 Å². The summed E-state index contributed by atoms with van der Waals surface area (Å²) in [6.45, 7) is 3.77. The molecular formula is C18H34O7. The van der Waals surface area contributed by atoms with E-state index in [9.17, 15) is 20.1 Å². The van der Waals surface area contributed by atoms with E-state index in [1.54, 1.807) is 6.92 Å². The molecule has 0 radical (unpaired) electrons. The molecule has 0 spiro atoms. The first-order chi connectivity index (χ1) is 11.9. The number of unbranched alkanes of at least 4 members (excludes halogenated alkanes) is 5. The molecule has 1 fully saturated rings. The Morgan fingerprint density at radius 3 is 2.32 bits per heavy atom. The number of hydrogen-bond donors (Lipinski definition) is 3. The minimum Gasteiger partial charge on any atom is -0.469 e. The van der Waals surface area contributed by atoms with E-state index >= 15 is 0 Å². The van der Waals surface area contributed by atoms with Crippen molar-refractivity contribution < 1.29 is 34.3 Å². The van der Waals surface area contributed by atoms with Crippen molar-refractivity contribution in [2.24, 2.45) is 0 Å². The first-order valence-electron chi connectivity index (χ1n) is 9.32. The molecule has 6 atom stereocenters. The van der Waals surface area contributed by atoms with Crippen molar-refractivity contribution in [3.05, 3.63) is 0 Å². The number of aliphatic hydroxyl groups excluding tert-OH is 3. The van der Waals surface area contributed by atoms with Gasteiger partial charge in [-0.1, -0.05) is 45.4 Å². The largest absolute Gasteiger partial charge is 0.469 e. The molecule has 1 heterocycles. The molecule has 0 aromatic rings. The van der Waals surface area contributed by atoms with Gasteiger partial charge in [-0.05, 0) is 13.3 Å². The Bertz CT molecular complexity index is 376. The van der Waals surface area contributed by atoms with Gasteiger partial charge in [-0.25, -0.2) is 0 Å². The maximum Gasteiger partial charge on any atom is 0.308 e. The molecule has 0 aromatic heterocycles. The zero-order chi connectivity index (χ0) is 18.8. The fourth-order valence-corrected chi connectivity index (χ4v) is 2.96. The molecule has 148 valence electrons. The predicted molar refractivity (Wildman–Crippen MR) is 91.9 cm³/mol. The Hall–Kier alpha value is -0.730. The molecule has 7 nitrogen and oxygen atoms in total. The lowest BCUT2D eigenvalue weighted by Gasteiger charge is -2.40. The molecule has 0 amide bonds. The minimum absolute atomic E-state index is 0.0606. The molecule has 0 bridgehead atoms. The monoisotopic (exact) mass is 362 g/mol. The third kappa shape index (κ3) is 7.58. The van der Waals surface area contributed by atoms with Gasteiger partial charge in [0.15, 0.2) is 6.29 Å². The smallest absolute Gasteiger partial charge is 0.308 e. The molecule has 1 rings (SSSR count). The van der Waals surface area contributed by atoms with E-state index in [-0.39, 0.29) is 6.42 Å². The molecule has 0 saturated carbocycles. The summed E-state index contributed by atoms with van der Waals surface area (Å²) in [5.41, 5.74) is 0. The maximum absolute atomic E-state index is 11.6. The summed E-state index contributed by atoms with van der Waals surface area (Å²) in [5.74, 6) is -0.394. The van der Waals surface area contributed by atoms with Crippen molar-refractivity contribution in [3.63, 3.8) is 0 Å². The fourth-order valence-electron chi connectivity index (χ4n) is 2.96. The zero-order valence-corrected chi connectivity index (χ0v) is 15.6. The number of carbonyl (C=O) groups is 1. The van der Waals surface area contributed by atoms with Crippen molar-refractivity contribution in [1.29, 1.82) is 0 Å². The average Bonchev–Trinajstić information content (AvgIpc) is 2.60. The number of carbonyl (C=O) groups excluding carboxylic acids is 1. The summed E-state index contributed by atoms with van der Waals surface area (Å²) in [5, 5.41) is 29.7. The van der Waals surface area contributed by atoms with Gasteiger partial charge in [0.2, 0.25) is 0 Å². The fraction of sp³-hybridized carbons (Fsp3) is 0.944. The lowest BCUT2D eigenvalue weighted by molar-refractivity contribution is -0.304. The van der Waals surface area contributed by atoms with Crippen molar-refractivity contribution in [1.82, 2.24) is 0 Å². The van der Waals surface area contributed by atoms with Crippen LogP contribution in [0.5, 0.6) is 0 Å². The number of esters is 1. The lowest BCUT2D eigenvalue weighted by Crippen LogP contribution is -2.58. The van der Waals surface area contributed by atoms with E-state index in [4.69, 9.17) is 14.2 Å². The van der Waals surface area contributed by atoms with Crippen molar-refractivity contribution >= 4 is 5.97 Å². The van der Waals surface area contributed by atoms with Crippen LogP contribution in [-0.2, 0) is 19.0 Å². The van der Waals surface area contributed by atoms with Crippen molar-refractivity contribution in [2.75, 3.05) is 7.11 Å². The highest BCUT2D eigenvalue weighted by Gasteiger charge is 2.43. The molecule has 0 aromatic carbocycles. The molecule has 1 saturated heterocycles. The summed E-state index contributed by atoms with van der Waals surface area (Å²) >= 11 is 0. The summed E-state index contributed by atoms with van der Waals surface area (Å²) < 4.78 is 15.9. The Balaban J connectivity index is 2.52. The molecule has 0 aliphatic carbocycles. The molecule has 25 heavy (non-hydrogen) atoms.